The molecule has 1 aromatic carbocycles. The van der Waals surface area contributed by atoms with Gasteiger partial charge in [0.1, 0.15) is 5.82 Å². The van der Waals surface area contributed by atoms with Crippen molar-refractivity contribution in [1.29, 1.82) is 0 Å². The Kier molecular flexibility index (Phi) is 3.09. The van der Waals surface area contributed by atoms with Crippen molar-refractivity contribution < 1.29 is 12.8 Å². The average molecular weight is 284 g/mol. The molecule has 6 heteroatoms. The minimum Gasteiger partial charge on any atom is -0.358 e. The minimum absolute atomic E-state index is 0.127. The molecule has 4 nitrogen and oxygen atoms in total. The van der Waals surface area contributed by atoms with E-state index in [-0.39, 0.29) is 11.1 Å². The van der Waals surface area contributed by atoms with Crippen LogP contribution in [0.3, 0.4) is 0 Å². The number of sulfonamides is 1. The van der Waals surface area contributed by atoms with Gasteiger partial charge >= 0.3 is 0 Å². The van der Waals surface area contributed by atoms with Crippen molar-refractivity contribution >= 4 is 26.6 Å². The van der Waals surface area contributed by atoms with Crippen molar-refractivity contribution in [2.24, 2.45) is 0 Å². The highest BCUT2D eigenvalue weighted by Crippen LogP contribution is 2.31. The maximum absolute atomic E-state index is 13.5. The number of aromatic amines is 1. The highest BCUT2D eigenvalue weighted by molar-refractivity contribution is 7.92. The molecule has 19 heavy (non-hydrogen) atoms. The molecule has 0 saturated carbocycles. The van der Waals surface area contributed by atoms with Gasteiger partial charge in [0.05, 0.1) is 17.5 Å². The molecule has 0 atom stereocenters. The van der Waals surface area contributed by atoms with Crippen LogP contribution in [0.15, 0.2) is 18.2 Å². The number of aromatic nitrogens is 1. The molecule has 0 amide bonds. The largest absolute Gasteiger partial charge is 0.358 e. The van der Waals surface area contributed by atoms with Crippen molar-refractivity contribution in [3.8, 4) is 0 Å². The Labute approximate surface area is 112 Å². The second kappa shape index (κ2) is 4.23. The SMILES string of the molecule is CC(C)(C)c1cc2c(NS(C)(=O)=O)cc(F)cc2[nH]1. The molecular weight excluding hydrogens is 267 g/mol. The first kappa shape index (κ1) is 13.9. The number of halogens is 1. The van der Waals surface area contributed by atoms with Gasteiger partial charge in [0.25, 0.3) is 0 Å². The van der Waals surface area contributed by atoms with Gasteiger partial charge in [-0.3, -0.25) is 4.72 Å². The van der Waals surface area contributed by atoms with Gasteiger partial charge in [0.2, 0.25) is 10.0 Å². The highest BCUT2D eigenvalue weighted by atomic mass is 32.2. The monoisotopic (exact) mass is 284 g/mol. The fourth-order valence-electron chi connectivity index (χ4n) is 1.89. The first-order chi connectivity index (χ1) is 8.56. The molecule has 0 unspecified atom stereocenters. The third-order valence-corrected chi connectivity index (χ3v) is 3.40. The zero-order chi connectivity index (χ0) is 14.4. The van der Waals surface area contributed by atoms with Crippen LogP contribution in [0, 0.1) is 5.82 Å². The van der Waals surface area contributed by atoms with Gasteiger partial charge in [-0.2, -0.15) is 0 Å². The molecule has 0 aliphatic heterocycles. The zero-order valence-electron chi connectivity index (χ0n) is 11.3. The van der Waals surface area contributed by atoms with Gasteiger partial charge in [0, 0.05) is 16.5 Å². The van der Waals surface area contributed by atoms with E-state index < -0.39 is 15.8 Å². The lowest BCUT2D eigenvalue weighted by atomic mass is 9.92. The van der Waals surface area contributed by atoms with Crippen LogP contribution in [0.25, 0.3) is 10.9 Å². The smallest absolute Gasteiger partial charge is 0.229 e. The molecule has 0 spiro atoms. The number of rotatable bonds is 2. The van der Waals surface area contributed by atoms with Gasteiger partial charge < -0.3 is 4.98 Å². The normalized spacial score (nSPS) is 12.9. The fourth-order valence-corrected chi connectivity index (χ4v) is 2.46. The quantitative estimate of drug-likeness (QED) is 0.890. The van der Waals surface area contributed by atoms with E-state index in [2.05, 4.69) is 9.71 Å². The van der Waals surface area contributed by atoms with Crippen LogP contribution in [0.1, 0.15) is 26.5 Å². The number of fused-ring (bicyclic) bond motifs is 1. The van der Waals surface area contributed by atoms with E-state index in [9.17, 15) is 12.8 Å². The molecule has 104 valence electrons. The molecule has 2 rings (SSSR count). The van der Waals surface area contributed by atoms with Gasteiger partial charge in [0.15, 0.2) is 0 Å². The van der Waals surface area contributed by atoms with Gasteiger partial charge in [-0.05, 0) is 18.2 Å². The summed E-state index contributed by atoms with van der Waals surface area (Å²) in [6, 6.07) is 4.39. The second-order valence-electron chi connectivity index (χ2n) is 5.72. The number of anilines is 1. The molecular formula is C13H17FN2O2S. The van der Waals surface area contributed by atoms with Crippen molar-refractivity contribution in [3.05, 3.63) is 29.7 Å². The van der Waals surface area contributed by atoms with E-state index in [4.69, 9.17) is 0 Å². The minimum atomic E-state index is -3.44. The molecule has 1 heterocycles. The van der Waals surface area contributed by atoms with Gasteiger partial charge in [-0.25, -0.2) is 12.8 Å². The first-order valence-corrected chi connectivity index (χ1v) is 7.76. The van der Waals surface area contributed by atoms with Crippen molar-refractivity contribution in [3.63, 3.8) is 0 Å². The summed E-state index contributed by atoms with van der Waals surface area (Å²) in [4.78, 5) is 3.13. The Balaban J connectivity index is 2.67. The fraction of sp³-hybridized carbons (Fsp3) is 0.385. The molecule has 0 fully saturated rings. The zero-order valence-corrected chi connectivity index (χ0v) is 12.2. The van der Waals surface area contributed by atoms with E-state index in [1.165, 1.54) is 12.1 Å². The van der Waals surface area contributed by atoms with Crippen molar-refractivity contribution in [1.82, 2.24) is 4.98 Å². The van der Waals surface area contributed by atoms with Crippen LogP contribution in [0.4, 0.5) is 10.1 Å². The lowest BCUT2D eigenvalue weighted by Gasteiger charge is -2.15. The summed E-state index contributed by atoms with van der Waals surface area (Å²) in [5.74, 6) is -0.485. The summed E-state index contributed by atoms with van der Waals surface area (Å²) in [5.41, 5.74) is 1.63. The Morgan fingerprint density at radius 3 is 2.37 bits per heavy atom. The molecule has 0 bridgehead atoms. The number of hydrogen-bond acceptors (Lipinski definition) is 2. The van der Waals surface area contributed by atoms with Gasteiger partial charge in [-0.1, -0.05) is 20.8 Å². The van der Waals surface area contributed by atoms with Crippen LogP contribution >= 0.6 is 0 Å². The third kappa shape index (κ3) is 3.07. The highest BCUT2D eigenvalue weighted by Gasteiger charge is 2.18. The van der Waals surface area contributed by atoms with Crippen LogP contribution < -0.4 is 4.72 Å². The van der Waals surface area contributed by atoms with E-state index in [0.29, 0.717) is 10.9 Å². The molecule has 2 aromatic rings. The number of H-pyrrole nitrogens is 1. The summed E-state index contributed by atoms with van der Waals surface area (Å²) in [6.45, 7) is 6.08. The molecule has 0 aliphatic rings. The predicted molar refractivity (Wildman–Crippen MR) is 75.4 cm³/mol. The number of hydrogen-bond donors (Lipinski definition) is 2. The summed E-state index contributed by atoms with van der Waals surface area (Å²) < 4.78 is 38.5. The Hall–Kier alpha value is -1.56. The number of nitrogens with one attached hydrogen (secondary N) is 2. The molecule has 0 aliphatic carbocycles. The second-order valence-corrected chi connectivity index (χ2v) is 7.47. The van der Waals surface area contributed by atoms with Crippen molar-refractivity contribution in [2.45, 2.75) is 26.2 Å². The maximum atomic E-state index is 13.5. The predicted octanol–water partition coefficient (Wildman–Crippen LogP) is 2.98. The Morgan fingerprint density at radius 1 is 1.21 bits per heavy atom. The summed E-state index contributed by atoms with van der Waals surface area (Å²) in [7, 11) is -3.44. The topological polar surface area (TPSA) is 62.0 Å². The van der Waals surface area contributed by atoms with Crippen LogP contribution in [0.2, 0.25) is 0 Å². The van der Waals surface area contributed by atoms with Crippen molar-refractivity contribution in [2.75, 3.05) is 11.0 Å². The molecule has 0 radical (unpaired) electrons. The summed E-state index contributed by atoms with van der Waals surface area (Å²) in [6.07, 6.45) is 1.04. The van der Waals surface area contributed by atoms with E-state index in [1.807, 2.05) is 26.8 Å². The van der Waals surface area contributed by atoms with Crippen LogP contribution in [-0.2, 0) is 15.4 Å². The van der Waals surface area contributed by atoms with Crippen LogP contribution in [-0.4, -0.2) is 19.7 Å². The summed E-state index contributed by atoms with van der Waals surface area (Å²) >= 11 is 0. The van der Waals surface area contributed by atoms with E-state index in [1.54, 1.807) is 0 Å². The molecule has 1 aromatic heterocycles. The molecule has 2 N–H and O–H groups in total. The van der Waals surface area contributed by atoms with Gasteiger partial charge in [-0.15, -0.1) is 0 Å². The van der Waals surface area contributed by atoms with E-state index in [0.717, 1.165) is 11.9 Å². The Morgan fingerprint density at radius 2 is 1.84 bits per heavy atom. The Bertz CT molecular complexity index is 727. The molecule has 0 saturated heterocycles. The van der Waals surface area contributed by atoms with Crippen LogP contribution in [0.5, 0.6) is 0 Å². The average Bonchev–Trinajstić information content (AvgIpc) is 2.57. The lowest BCUT2D eigenvalue weighted by molar-refractivity contribution is 0.574. The number of benzene rings is 1. The maximum Gasteiger partial charge on any atom is 0.229 e. The first-order valence-electron chi connectivity index (χ1n) is 5.87. The lowest BCUT2D eigenvalue weighted by Crippen LogP contribution is -2.11. The van der Waals surface area contributed by atoms with E-state index >= 15 is 0 Å². The third-order valence-electron chi connectivity index (χ3n) is 2.81. The summed E-state index contributed by atoms with van der Waals surface area (Å²) in [5, 5.41) is 0.664. The standard InChI is InChI=1S/C13H17FN2O2S/c1-13(2,3)12-7-9-10(15-12)5-8(14)6-11(9)16-19(4,17)18/h5-7,15-16H,1-4H3.